The van der Waals surface area contributed by atoms with Gasteiger partial charge in [-0.2, -0.15) is 0 Å². The summed E-state index contributed by atoms with van der Waals surface area (Å²) in [5.74, 6) is 1.53. The summed E-state index contributed by atoms with van der Waals surface area (Å²) in [5, 5.41) is 11.9. The Hall–Kier alpha value is 0.0969. The molecular weight excluding hydrogens is 388 g/mol. The van der Waals surface area contributed by atoms with Crippen LogP contribution in [0, 0.1) is 40.4 Å². The molecule has 1 saturated heterocycles. The van der Waals surface area contributed by atoms with Gasteiger partial charge in [0, 0.05) is 18.9 Å². The Morgan fingerprint density at radius 3 is 2.30 bits per heavy atom. The zero-order chi connectivity index (χ0) is 22.9. The minimum absolute atomic E-state index is 0.159. The van der Waals surface area contributed by atoms with Gasteiger partial charge in [0.2, 0.25) is 0 Å². The molecule has 30 heavy (non-hydrogen) atoms. The zero-order valence-electron chi connectivity index (χ0n) is 21.8. The van der Waals surface area contributed by atoms with Crippen molar-refractivity contribution in [2.24, 2.45) is 40.4 Å². The summed E-state index contributed by atoms with van der Waals surface area (Å²) in [5.41, 5.74) is 0.335. The maximum absolute atomic E-state index is 11.7. The number of fused-ring (bicyclic) bond motifs is 3. The van der Waals surface area contributed by atoms with Crippen LogP contribution in [0.3, 0.4) is 0 Å². The van der Waals surface area contributed by atoms with Gasteiger partial charge < -0.3 is 14.3 Å². The van der Waals surface area contributed by atoms with Gasteiger partial charge in [-0.25, -0.2) is 0 Å². The van der Waals surface area contributed by atoms with Crippen molar-refractivity contribution in [3.63, 3.8) is 0 Å². The molecule has 3 aliphatic rings. The van der Waals surface area contributed by atoms with Crippen LogP contribution in [0.15, 0.2) is 0 Å². The van der Waals surface area contributed by atoms with E-state index in [1.807, 2.05) is 0 Å². The lowest BCUT2D eigenvalue weighted by molar-refractivity contribution is -0.212. The molecule has 2 aliphatic carbocycles. The summed E-state index contributed by atoms with van der Waals surface area (Å²) in [4.78, 5) is 0. The lowest BCUT2D eigenvalue weighted by atomic mass is 9.59. The summed E-state index contributed by atoms with van der Waals surface area (Å²) in [6.07, 6.45) is 4.38. The molecule has 3 nitrogen and oxygen atoms in total. The first kappa shape index (κ1) is 24.7. The van der Waals surface area contributed by atoms with Gasteiger partial charge in [0.25, 0.3) is 0 Å². The van der Waals surface area contributed by atoms with Crippen molar-refractivity contribution in [3.05, 3.63) is 0 Å². The van der Waals surface area contributed by atoms with E-state index in [0.717, 1.165) is 25.9 Å². The largest absolute Gasteiger partial charge is 0.417 e. The molecule has 2 saturated carbocycles. The Morgan fingerprint density at radius 1 is 1.13 bits per heavy atom. The van der Waals surface area contributed by atoms with Crippen LogP contribution >= 0.6 is 0 Å². The van der Waals surface area contributed by atoms with Gasteiger partial charge in [0.05, 0.1) is 6.10 Å². The second kappa shape index (κ2) is 7.57. The highest BCUT2D eigenvalue weighted by Crippen LogP contribution is 2.75. The molecule has 1 aliphatic heterocycles. The van der Waals surface area contributed by atoms with E-state index < -0.39 is 14.1 Å². The van der Waals surface area contributed by atoms with Gasteiger partial charge in [-0.15, -0.1) is 0 Å². The third-order valence-corrected chi connectivity index (χ3v) is 15.2. The van der Waals surface area contributed by atoms with E-state index in [-0.39, 0.29) is 27.9 Å². The van der Waals surface area contributed by atoms with E-state index in [9.17, 15) is 5.11 Å². The van der Waals surface area contributed by atoms with E-state index >= 15 is 0 Å². The Labute approximate surface area is 187 Å². The maximum atomic E-state index is 11.7. The minimum Gasteiger partial charge on any atom is -0.417 e. The summed E-state index contributed by atoms with van der Waals surface area (Å²) in [6.45, 7) is 26.7. The van der Waals surface area contributed by atoms with Crippen molar-refractivity contribution in [2.75, 3.05) is 6.61 Å². The standard InChI is InChI=1S/C26H50O3Si/c1-17(15-28-30(10,11)23(5,6)7)12-13-21-20(4)22-25(9)19(3)14-18(2)24(25,8)16-26(22,27)29-21/h17-22,27H,12-16H2,1-11H3/t17-,18?,19?,20-,21-,22-,24+,25-,26+/m1/s1. The van der Waals surface area contributed by atoms with Gasteiger partial charge in [-0.1, -0.05) is 62.3 Å². The van der Waals surface area contributed by atoms with Crippen molar-refractivity contribution in [3.8, 4) is 0 Å². The molecule has 3 fully saturated rings. The van der Waals surface area contributed by atoms with Crippen LogP contribution in [0.1, 0.15) is 88.0 Å². The summed E-state index contributed by atoms with van der Waals surface area (Å²) in [7, 11) is -1.69. The third-order valence-electron chi connectivity index (χ3n) is 10.7. The summed E-state index contributed by atoms with van der Waals surface area (Å²) >= 11 is 0. The lowest BCUT2D eigenvalue weighted by Crippen LogP contribution is -2.43. The molecule has 2 unspecified atom stereocenters. The molecule has 1 heterocycles. The fourth-order valence-corrected chi connectivity index (χ4v) is 8.47. The molecule has 0 bridgehead atoms. The first-order chi connectivity index (χ1) is 13.5. The fraction of sp³-hybridized carbons (Fsp3) is 1.00. The Kier molecular flexibility index (Phi) is 6.24. The van der Waals surface area contributed by atoms with Crippen molar-refractivity contribution < 1.29 is 14.3 Å². The van der Waals surface area contributed by atoms with Crippen LogP contribution in [0.2, 0.25) is 18.1 Å². The van der Waals surface area contributed by atoms with Crippen LogP contribution in [-0.4, -0.2) is 31.9 Å². The summed E-state index contributed by atoms with van der Waals surface area (Å²) < 4.78 is 13.0. The zero-order valence-corrected chi connectivity index (χ0v) is 22.8. The second-order valence-electron chi connectivity index (χ2n) is 13.5. The average Bonchev–Trinajstić information content (AvgIpc) is 3.02. The van der Waals surface area contributed by atoms with Crippen LogP contribution in [0.25, 0.3) is 0 Å². The minimum atomic E-state index is -1.69. The van der Waals surface area contributed by atoms with E-state index in [0.29, 0.717) is 23.7 Å². The first-order valence-corrected chi connectivity index (χ1v) is 15.4. The van der Waals surface area contributed by atoms with Crippen molar-refractivity contribution in [1.29, 1.82) is 0 Å². The van der Waals surface area contributed by atoms with Crippen LogP contribution in [0.4, 0.5) is 0 Å². The molecule has 0 radical (unpaired) electrons. The van der Waals surface area contributed by atoms with Gasteiger partial charge >= 0.3 is 0 Å². The maximum Gasteiger partial charge on any atom is 0.191 e. The normalized spacial score (nSPS) is 47.4. The number of rotatable bonds is 6. The average molecular weight is 439 g/mol. The highest BCUT2D eigenvalue weighted by Gasteiger charge is 2.75. The molecule has 0 aromatic heterocycles. The Balaban J connectivity index is 1.62. The highest BCUT2D eigenvalue weighted by molar-refractivity contribution is 6.74. The van der Waals surface area contributed by atoms with Gasteiger partial charge in [-0.05, 0) is 71.9 Å². The van der Waals surface area contributed by atoms with Gasteiger partial charge in [0.1, 0.15) is 0 Å². The molecule has 3 rings (SSSR count). The second-order valence-corrected chi connectivity index (χ2v) is 18.3. The molecule has 4 heteroatoms. The Bertz CT molecular complexity index is 643. The first-order valence-electron chi connectivity index (χ1n) is 12.5. The van der Waals surface area contributed by atoms with Crippen LogP contribution in [0.5, 0.6) is 0 Å². The van der Waals surface area contributed by atoms with E-state index in [1.54, 1.807) is 0 Å². The number of hydrogen-bond donors (Lipinski definition) is 1. The monoisotopic (exact) mass is 438 g/mol. The van der Waals surface area contributed by atoms with E-state index in [4.69, 9.17) is 9.16 Å². The number of aliphatic hydroxyl groups is 1. The van der Waals surface area contributed by atoms with Gasteiger partial charge in [-0.3, -0.25) is 0 Å². The Morgan fingerprint density at radius 2 is 1.73 bits per heavy atom. The lowest BCUT2D eigenvalue weighted by Gasteiger charge is -2.44. The van der Waals surface area contributed by atoms with Gasteiger partial charge in [0.15, 0.2) is 14.1 Å². The molecule has 9 atom stereocenters. The topological polar surface area (TPSA) is 38.7 Å². The number of ether oxygens (including phenoxy) is 1. The number of hydrogen-bond acceptors (Lipinski definition) is 3. The predicted molar refractivity (Wildman–Crippen MR) is 128 cm³/mol. The molecule has 176 valence electrons. The molecular formula is C26H50O3Si. The van der Waals surface area contributed by atoms with Crippen molar-refractivity contribution in [2.45, 2.75) is 118 Å². The smallest absolute Gasteiger partial charge is 0.191 e. The van der Waals surface area contributed by atoms with Crippen LogP contribution in [-0.2, 0) is 9.16 Å². The quantitative estimate of drug-likeness (QED) is 0.460. The van der Waals surface area contributed by atoms with E-state index in [1.165, 1.54) is 6.42 Å². The summed E-state index contributed by atoms with van der Waals surface area (Å²) in [6, 6.07) is 0. The highest BCUT2D eigenvalue weighted by atomic mass is 28.4. The molecule has 0 spiro atoms. The predicted octanol–water partition coefficient (Wildman–Crippen LogP) is 6.86. The van der Waals surface area contributed by atoms with Crippen molar-refractivity contribution >= 4 is 8.32 Å². The molecule has 1 N–H and O–H groups in total. The molecule has 0 aromatic rings. The molecule has 0 amide bonds. The SMILES string of the molecule is CC1CC(C)[C@]2(C)[C@H]3[C@H](C)[C@@H](CC[C@@H](C)CO[Si](C)(C)C(C)(C)C)O[C@@]3(O)C[C@@]12C. The third kappa shape index (κ3) is 3.56. The fourth-order valence-electron chi connectivity index (χ4n) is 7.34. The van der Waals surface area contributed by atoms with Crippen LogP contribution < -0.4 is 0 Å². The molecule has 0 aromatic carbocycles. The van der Waals surface area contributed by atoms with Crippen molar-refractivity contribution in [1.82, 2.24) is 0 Å². The van der Waals surface area contributed by atoms with E-state index in [2.05, 4.69) is 75.4 Å².